The Hall–Kier alpha value is -0.130. The Morgan fingerprint density at radius 2 is 2.06 bits per heavy atom. The molecule has 1 aliphatic rings. The second-order valence-electron chi connectivity index (χ2n) is 4.61. The van der Waals surface area contributed by atoms with Gasteiger partial charge in [0.25, 0.3) is 0 Å². The summed E-state index contributed by atoms with van der Waals surface area (Å²) in [6.07, 6.45) is 3.07. The molecule has 1 aromatic carbocycles. The minimum atomic E-state index is 0.323. The maximum Gasteiger partial charge on any atom is 0.0720 e. The molecule has 0 bridgehead atoms. The normalized spacial score (nSPS) is 29.2. The molecule has 0 radical (unpaired) electrons. The van der Waals surface area contributed by atoms with E-state index in [-0.39, 0.29) is 0 Å². The highest BCUT2D eigenvalue weighted by Gasteiger charge is 2.26. The molecule has 0 amide bonds. The first-order chi connectivity index (χ1) is 8.28. The minimum absolute atomic E-state index is 0.323. The molecule has 3 atom stereocenters. The standard InChI is InChI=1S/C14H19IO2/c1-11-7-13(8-14(9-15)17-11)16-10-12-5-3-2-4-6-12/h2-6,11,13-14H,7-10H2,1H3/t11-,13+,14-/m1/s1. The van der Waals surface area contributed by atoms with Crippen molar-refractivity contribution in [2.45, 2.75) is 44.7 Å². The molecule has 1 fully saturated rings. The first-order valence-corrected chi connectivity index (χ1v) is 7.67. The van der Waals surface area contributed by atoms with Crippen LogP contribution in [0.15, 0.2) is 30.3 Å². The number of hydrogen-bond donors (Lipinski definition) is 0. The summed E-state index contributed by atoms with van der Waals surface area (Å²) in [5.74, 6) is 0. The van der Waals surface area contributed by atoms with Crippen LogP contribution in [0.5, 0.6) is 0 Å². The fourth-order valence-corrected chi connectivity index (χ4v) is 2.79. The molecule has 94 valence electrons. The van der Waals surface area contributed by atoms with Crippen molar-refractivity contribution < 1.29 is 9.47 Å². The fraction of sp³-hybridized carbons (Fsp3) is 0.571. The predicted molar refractivity (Wildman–Crippen MR) is 77.5 cm³/mol. The van der Waals surface area contributed by atoms with Crippen molar-refractivity contribution in [2.75, 3.05) is 4.43 Å². The van der Waals surface area contributed by atoms with Gasteiger partial charge >= 0.3 is 0 Å². The summed E-state index contributed by atoms with van der Waals surface area (Å²) < 4.78 is 12.9. The maximum absolute atomic E-state index is 5.99. The summed E-state index contributed by atoms with van der Waals surface area (Å²) in [6, 6.07) is 10.4. The van der Waals surface area contributed by atoms with Gasteiger partial charge in [0.1, 0.15) is 0 Å². The minimum Gasteiger partial charge on any atom is -0.374 e. The van der Waals surface area contributed by atoms with E-state index in [9.17, 15) is 0 Å². The third kappa shape index (κ3) is 4.23. The molecular formula is C14H19IO2. The smallest absolute Gasteiger partial charge is 0.0720 e. The average molecular weight is 346 g/mol. The fourth-order valence-electron chi connectivity index (χ4n) is 2.22. The van der Waals surface area contributed by atoms with Crippen molar-refractivity contribution in [3.8, 4) is 0 Å². The van der Waals surface area contributed by atoms with Crippen LogP contribution in [-0.4, -0.2) is 22.7 Å². The van der Waals surface area contributed by atoms with Gasteiger partial charge in [-0.15, -0.1) is 0 Å². The lowest BCUT2D eigenvalue weighted by atomic mass is 10.0. The molecule has 2 rings (SSSR count). The van der Waals surface area contributed by atoms with Crippen LogP contribution >= 0.6 is 22.6 Å². The van der Waals surface area contributed by atoms with Crippen LogP contribution < -0.4 is 0 Å². The third-order valence-electron chi connectivity index (χ3n) is 3.05. The van der Waals surface area contributed by atoms with E-state index in [0.717, 1.165) is 17.3 Å². The van der Waals surface area contributed by atoms with E-state index < -0.39 is 0 Å². The van der Waals surface area contributed by atoms with Gasteiger partial charge < -0.3 is 9.47 Å². The molecule has 0 spiro atoms. The van der Waals surface area contributed by atoms with Crippen LogP contribution in [0.3, 0.4) is 0 Å². The molecule has 3 heteroatoms. The maximum atomic E-state index is 5.99. The van der Waals surface area contributed by atoms with E-state index in [1.165, 1.54) is 5.56 Å². The third-order valence-corrected chi connectivity index (χ3v) is 4.03. The van der Waals surface area contributed by atoms with Gasteiger partial charge in [0, 0.05) is 10.8 Å². The van der Waals surface area contributed by atoms with Gasteiger partial charge in [-0.2, -0.15) is 0 Å². The van der Waals surface area contributed by atoms with Crippen LogP contribution in [0.25, 0.3) is 0 Å². The molecule has 2 nitrogen and oxygen atoms in total. The molecule has 0 N–H and O–H groups in total. The van der Waals surface area contributed by atoms with Crippen LogP contribution in [-0.2, 0) is 16.1 Å². The summed E-state index contributed by atoms with van der Waals surface area (Å²) >= 11 is 2.39. The number of ether oxygens (including phenoxy) is 2. The Kier molecular flexibility index (Phi) is 5.25. The van der Waals surface area contributed by atoms with Gasteiger partial charge in [-0.1, -0.05) is 52.9 Å². The van der Waals surface area contributed by atoms with Gasteiger partial charge in [-0.05, 0) is 18.9 Å². The molecule has 1 heterocycles. The summed E-state index contributed by atoms with van der Waals surface area (Å²) in [4.78, 5) is 0. The summed E-state index contributed by atoms with van der Waals surface area (Å²) in [7, 11) is 0. The lowest BCUT2D eigenvalue weighted by Gasteiger charge is -2.33. The first-order valence-electron chi connectivity index (χ1n) is 6.15. The van der Waals surface area contributed by atoms with Gasteiger partial charge in [-0.3, -0.25) is 0 Å². The zero-order valence-electron chi connectivity index (χ0n) is 10.1. The van der Waals surface area contributed by atoms with Crippen LogP contribution in [0.2, 0.25) is 0 Å². The Balaban J connectivity index is 1.82. The Morgan fingerprint density at radius 3 is 2.76 bits per heavy atom. The second-order valence-corrected chi connectivity index (χ2v) is 5.49. The first kappa shape index (κ1) is 13.3. The van der Waals surface area contributed by atoms with Crippen LogP contribution in [0.1, 0.15) is 25.3 Å². The average Bonchev–Trinajstić information content (AvgIpc) is 2.37. The Labute approximate surface area is 117 Å². The highest BCUT2D eigenvalue weighted by atomic mass is 127. The quantitative estimate of drug-likeness (QED) is 0.613. The van der Waals surface area contributed by atoms with Crippen LogP contribution in [0.4, 0.5) is 0 Å². The molecule has 0 aromatic heterocycles. The molecule has 0 saturated carbocycles. The van der Waals surface area contributed by atoms with E-state index >= 15 is 0 Å². The molecule has 1 aliphatic heterocycles. The van der Waals surface area contributed by atoms with Crippen molar-refractivity contribution in [2.24, 2.45) is 0 Å². The van der Waals surface area contributed by atoms with Gasteiger partial charge in [0.15, 0.2) is 0 Å². The summed E-state index contributed by atoms with van der Waals surface area (Å²) in [5, 5.41) is 0. The van der Waals surface area contributed by atoms with Crippen LogP contribution in [0, 0.1) is 0 Å². The lowest BCUT2D eigenvalue weighted by molar-refractivity contribution is -0.103. The van der Waals surface area contributed by atoms with Crippen molar-refractivity contribution in [1.82, 2.24) is 0 Å². The molecule has 0 aliphatic carbocycles. The molecular weight excluding hydrogens is 327 g/mol. The number of alkyl halides is 1. The van der Waals surface area contributed by atoms with Gasteiger partial charge in [-0.25, -0.2) is 0 Å². The molecule has 1 aromatic rings. The topological polar surface area (TPSA) is 18.5 Å². The van der Waals surface area contributed by atoms with E-state index in [4.69, 9.17) is 9.47 Å². The lowest BCUT2D eigenvalue weighted by Crippen LogP contribution is -2.36. The van der Waals surface area contributed by atoms with E-state index in [2.05, 4.69) is 53.8 Å². The van der Waals surface area contributed by atoms with Crippen molar-refractivity contribution in [1.29, 1.82) is 0 Å². The Morgan fingerprint density at radius 1 is 1.29 bits per heavy atom. The summed E-state index contributed by atoms with van der Waals surface area (Å²) in [6.45, 7) is 2.85. The number of halogens is 1. The zero-order chi connectivity index (χ0) is 12.1. The molecule has 0 unspecified atom stereocenters. The van der Waals surface area contributed by atoms with E-state index in [0.29, 0.717) is 24.9 Å². The van der Waals surface area contributed by atoms with Gasteiger partial charge in [0.05, 0.1) is 24.9 Å². The SMILES string of the molecule is C[C@@H]1C[C@H](OCc2ccccc2)C[C@H](CI)O1. The highest BCUT2D eigenvalue weighted by Crippen LogP contribution is 2.24. The Bertz CT molecular complexity index is 328. The number of hydrogen-bond acceptors (Lipinski definition) is 2. The largest absolute Gasteiger partial charge is 0.374 e. The van der Waals surface area contributed by atoms with E-state index in [1.54, 1.807) is 0 Å². The number of benzene rings is 1. The number of rotatable bonds is 4. The van der Waals surface area contributed by atoms with Crippen molar-refractivity contribution in [3.63, 3.8) is 0 Å². The van der Waals surface area contributed by atoms with E-state index in [1.807, 2.05) is 6.07 Å². The highest BCUT2D eigenvalue weighted by molar-refractivity contribution is 14.1. The zero-order valence-corrected chi connectivity index (χ0v) is 12.3. The molecule has 1 saturated heterocycles. The van der Waals surface area contributed by atoms with Crippen molar-refractivity contribution in [3.05, 3.63) is 35.9 Å². The monoisotopic (exact) mass is 346 g/mol. The predicted octanol–water partition coefficient (Wildman–Crippen LogP) is 3.57. The summed E-state index contributed by atoms with van der Waals surface area (Å²) in [5.41, 5.74) is 1.25. The molecule has 17 heavy (non-hydrogen) atoms. The van der Waals surface area contributed by atoms with Crippen molar-refractivity contribution >= 4 is 22.6 Å². The second kappa shape index (κ2) is 6.71. The van der Waals surface area contributed by atoms with Gasteiger partial charge in [0.2, 0.25) is 0 Å².